The van der Waals surface area contributed by atoms with Crippen molar-refractivity contribution in [3.63, 3.8) is 0 Å². The number of nitro benzene ring substituents is 1. The monoisotopic (exact) mass is 441 g/mol. The van der Waals surface area contributed by atoms with Gasteiger partial charge in [-0.1, -0.05) is 34.5 Å². The number of aryl methyl sites for hydroxylation is 1. The number of carbonyl (C=O) groups excluding carboxylic acids is 1. The molecule has 10 heteroatoms. The predicted octanol–water partition coefficient (Wildman–Crippen LogP) is 5.02. The normalized spacial score (nSPS) is 11.9. The Bertz CT molecular complexity index is 1110. The van der Waals surface area contributed by atoms with E-state index in [1.807, 2.05) is 10.8 Å². The minimum atomic E-state index is -0.490. The lowest BCUT2D eigenvalue weighted by molar-refractivity contribution is -0.384. The number of nitrogens with zero attached hydrogens (tertiary/aromatic N) is 3. The van der Waals surface area contributed by atoms with Crippen molar-refractivity contribution in [3.05, 3.63) is 66.9 Å². The summed E-state index contributed by atoms with van der Waals surface area (Å²) in [5.74, 6) is 0.321. The largest absolute Gasteiger partial charge is 0.315 e. The lowest BCUT2D eigenvalue weighted by Gasteiger charge is -2.04. The molecule has 0 saturated carbocycles. The van der Waals surface area contributed by atoms with Crippen molar-refractivity contribution in [2.45, 2.75) is 6.54 Å². The molecule has 0 aliphatic carbocycles. The van der Waals surface area contributed by atoms with Crippen LogP contribution in [0.5, 0.6) is 0 Å². The number of thioether (sulfide) groups is 1. The van der Waals surface area contributed by atoms with Crippen molar-refractivity contribution in [2.75, 3.05) is 12.0 Å². The molecule has 2 aromatic carbocycles. The molecule has 0 saturated heterocycles. The smallest absolute Gasteiger partial charge is 0.281 e. The highest BCUT2D eigenvalue weighted by atomic mass is 35.5. The van der Waals surface area contributed by atoms with Crippen LogP contribution in [0.4, 0.5) is 5.69 Å². The van der Waals surface area contributed by atoms with E-state index in [4.69, 9.17) is 23.2 Å². The summed E-state index contributed by atoms with van der Waals surface area (Å²) >= 11 is 14.9. The van der Waals surface area contributed by atoms with E-state index in [1.54, 1.807) is 23.9 Å². The van der Waals surface area contributed by atoms with Crippen LogP contribution >= 0.6 is 46.3 Å². The standard InChI is InChI=1S/C17H13Cl2N3O3S2/c1-26-7-6-21-14-5-3-11(22(24)25)9-15(14)27-17(21)20-16(23)12-4-2-10(18)8-13(12)19/h2-5,8-9H,6-7H2,1H3. The van der Waals surface area contributed by atoms with E-state index in [1.165, 1.54) is 35.6 Å². The molecule has 1 heterocycles. The van der Waals surface area contributed by atoms with Crippen molar-refractivity contribution in [3.8, 4) is 0 Å². The van der Waals surface area contributed by atoms with Crippen molar-refractivity contribution in [1.29, 1.82) is 0 Å². The molecule has 0 aliphatic rings. The van der Waals surface area contributed by atoms with Gasteiger partial charge in [0.2, 0.25) is 0 Å². The second-order valence-corrected chi connectivity index (χ2v) is 8.32. The van der Waals surface area contributed by atoms with Crippen LogP contribution in [-0.2, 0) is 6.54 Å². The maximum Gasteiger partial charge on any atom is 0.281 e. The first-order valence-corrected chi connectivity index (χ1v) is 10.7. The number of benzene rings is 2. The number of nitro groups is 1. The molecular formula is C17H13Cl2N3O3S2. The van der Waals surface area contributed by atoms with Crippen LogP contribution in [0.25, 0.3) is 10.2 Å². The minimum absolute atomic E-state index is 0.000566. The maximum atomic E-state index is 12.6. The van der Waals surface area contributed by atoms with Crippen molar-refractivity contribution in [1.82, 2.24) is 4.57 Å². The van der Waals surface area contributed by atoms with Gasteiger partial charge in [-0.05, 0) is 30.5 Å². The van der Waals surface area contributed by atoms with Gasteiger partial charge in [0.05, 0.1) is 25.7 Å². The topological polar surface area (TPSA) is 77.5 Å². The van der Waals surface area contributed by atoms with Crippen LogP contribution in [0, 0.1) is 10.1 Å². The van der Waals surface area contributed by atoms with Crippen LogP contribution in [0.1, 0.15) is 10.4 Å². The molecule has 1 aromatic heterocycles. The molecule has 3 rings (SSSR count). The summed E-state index contributed by atoms with van der Waals surface area (Å²) in [5.41, 5.74) is 1.05. The summed E-state index contributed by atoms with van der Waals surface area (Å²) in [7, 11) is 0. The second-order valence-electron chi connectivity index (χ2n) is 5.48. The molecule has 0 unspecified atom stereocenters. The lowest BCUT2D eigenvalue weighted by Crippen LogP contribution is -2.18. The fraction of sp³-hybridized carbons (Fsp3) is 0.176. The number of non-ortho nitro benzene ring substituents is 1. The number of aromatic nitrogens is 1. The number of amides is 1. The Morgan fingerprint density at radius 3 is 2.74 bits per heavy atom. The molecule has 0 bridgehead atoms. The summed E-state index contributed by atoms with van der Waals surface area (Å²) in [6, 6.07) is 9.22. The van der Waals surface area contributed by atoms with Crippen LogP contribution in [0.2, 0.25) is 10.0 Å². The van der Waals surface area contributed by atoms with Gasteiger partial charge in [-0.2, -0.15) is 16.8 Å². The first-order chi connectivity index (χ1) is 12.9. The third-order valence-electron chi connectivity index (χ3n) is 3.75. The molecule has 0 spiro atoms. The summed E-state index contributed by atoms with van der Waals surface area (Å²) in [6.07, 6.45) is 1.98. The Morgan fingerprint density at radius 1 is 1.30 bits per heavy atom. The zero-order valence-electron chi connectivity index (χ0n) is 14.0. The van der Waals surface area contributed by atoms with Gasteiger partial charge >= 0.3 is 0 Å². The van der Waals surface area contributed by atoms with Gasteiger partial charge in [0, 0.05) is 29.5 Å². The van der Waals surface area contributed by atoms with Crippen LogP contribution in [0.15, 0.2) is 41.4 Å². The zero-order chi connectivity index (χ0) is 19.6. The van der Waals surface area contributed by atoms with Crippen LogP contribution in [-0.4, -0.2) is 27.4 Å². The van der Waals surface area contributed by atoms with E-state index in [0.717, 1.165) is 11.3 Å². The number of thiazole rings is 1. The number of rotatable bonds is 5. The molecule has 0 radical (unpaired) electrons. The molecule has 0 aliphatic heterocycles. The van der Waals surface area contributed by atoms with E-state index in [-0.39, 0.29) is 16.3 Å². The zero-order valence-corrected chi connectivity index (χ0v) is 17.2. The average molecular weight is 442 g/mol. The van der Waals surface area contributed by atoms with Crippen molar-refractivity contribution in [2.24, 2.45) is 4.99 Å². The minimum Gasteiger partial charge on any atom is -0.315 e. The van der Waals surface area contributed by atoms with E-state index in [0.29, 0.717) is 21.1 Å². The molecule has 27 heavy (non-hydrogen) atoms. The van der Waals surface area contributed by atoms with Gasteiger partial charge < -0.3 is 4.57 Å². The van der Waals surface area contributed by atoms with Gasteiger partial charge in [0.1, 0.15) is 0 Å². The number of hydrogen-bond acceptors (Lipinski definition) is 5. The van der Waals surface area contributed by atoms with Crippen LogP contribution in [0.3, 0.4) is 0 Å². The van der Waals surface area contributed by atoms with Gasteiger partial charge in [-0.25, -0.2) is 0 Å². The van der Waals surface area contributed by atoms with Crippen molar-refractivity contribution >= 4 is 68.1 Å². The third-order valence-corrected chi connectivity index (χ3v) is 5.93. The Morgan fingerprint density at radius 2 is 2.07 bits per heavy atom. The fourth-order valence-electron chi connectivity index (χ4n) is 2.47. The van der Waals surface area contributed by atoms with Gasteiger partial charge in [0.15, 0.2) is 4.80 Å². The predicted molar refractivity (Wildman–Crippen MR) is 111 cm³/mol. The first kappa shape index (κ1) is 19.9. The molecule has 1 amide bonds. The lowest BCUT2D eigenvalue weighted by atomic mass is 10.2. The Labute approximate surface area is 172 Å². The highest BCUT2D eigenvalue weighted by Crippen LogP contribution is 2.24. The number of hydrogen-bond donors (Lipinski definition) is 0. The molecule has 6 nitrogen and oxygen atoms in total. The molecule has 3 aromatic rings. The molecule has 0 N–H and O–H groups in total. The first-order valence-electron chi connectivity index (χ1n) is 7.71. The Kier molecular flexibility index (Phi) is 6.21. The molecule has 140 valence electrons. The number of fused-ring (bicyclic) bond motifs is 1. The number of halogens is 2. The summed E-state index contributed by atoms with van der Waals surface area (Å²) in [4.78, 5) is 27.9. The average Bonchev–Trinajstić information content (AvgIpc) is 2.95. The summed E-state index contributed by atoms with van der Waals surface area (Å²) < 4.78 is 2.58. The SMILES string of the molecule is CSCCn1c(=NC(=O)c2ccc(Cl)cc2Cl)sc2cc([N+](=O)[O-])ccc21. The van der Waals surface area contributed by atoms with Gasteiger partial charge in [0.25, 0.3) is 11.6 Å². The van der Waals surface area contributed by atoms with E-state index in [2.05, 4.69) is 4.99 Å². The highest BCUT2D eigenvalue weighted by molar-refractivity contribution is 7.98. The van der Waals surface area contributed by atoms with E-state index in [9.17, 15) is 14.9 Å². The van der Waals surface area contributed by atoms with Gasteiger partial charge in [-0.3, -0.25) is 14.9 Å². The van der Waals surface area contributed by atoms with Gasteiger partial charge in [-0.15, -0.1) is 0 Å². The molecular weight excluding hydrogens is 429 g/mol. The summed E-state index contributed by atoms with van der Waals surface area (Å²) in [5, 5.41) is 11.7. The highest BCUT2D eigenvalue weighted by Gasteiger charge is 2.14. The Hall–Kier alpha value is -1.87. The third kappa shape index (κ3) is 4.35. The molecule has 0 fully saturated rings. The van der Waals surface area contributed by atoms with E-state index >= 15 is 0 Å². The molecule has 0 atom stereocenters. The van der Waals surface area contributed by atoms with Crippen LogP contribution < -0.4 is 4.80 Å². The second kappa shape index (κ2) is 8.43. The Balaban J connectivity index is 2.14. The van der Waals surface area contributed by atoms with E-state index < -0.39 is 10.8 Å². The number of carbonyl (C=O) groups is 1. The quantitative estimate of drug-likeness (QED) is 0.411. The van der Waals surface area contributed by atoms with Crippen molar-refractivity contribution < 1.29 is 9.72 Å². The fourth-order valence-corrected chi connectivity index (χ4v) is 4.41. The maximum absolute atomic E-state index is 12.6. The summed E-state index contributed by atoms with van der Waals surface area (Å²) in [6.45, 7) is 0.624.